The predicted octanol–water partition coefficient (Wildman–Crippen LogP) is 2.75. The van der Waals surface area contributed by atoms with Gasteiger partial charge in [-0.1, -0.05) is 32.0 Å². The van der Waals surface area contributed by atoms with E-state index in [4.69, 9.17) is 5.73 Å². The van der Waals surface area contributed by atoms with E-state index < -0.39 is 0 Å². The molecular weight excluding hydrogens is 268 g/mol. The maximum Gasteiger partial charge on any atom is 0.223 e. The second-order valence-corrected chi connectivity index (χ2v) is 7.28. The van der Waals surface area contributed by atoms with Crippen LogP contribution in [0.15, 0.2) is 35.2 Å². The number of piperidine rings is 1. The van der Waals surface area contributed by atoms with E-state index in [1.165, 1.54) is 4.90 Å². The molecule has 0 bridgehead atoms. The van der Waals surface area contributed by atoms with Crippen molar-refractivity contribution in [2.24, 2.45) is 11.1 Å². The Labute approximate surface area is 125 Å². The number of hydrogen-bond acceptors (Lipinski definition) is 3. The van der Waals surface area contributed by atoms with Gasteiger partial charge in [0, 0.05) is 36.2 Å². The molecule has 0 aromatic heterocycles. The molecule has 2 N–H and O–H groups in total. The zero-order chi connectivity index (χ0) is 14.6. The van der Waals surface area contributed by atoms with E-state index in [9.17, 15) is 4.79 Å². The molecular formula is C16H24N2OS. The summed E-state index contributed by atoms with van der Waals surface area (Å²) in [7, 11) is 0. The SMILES string of the molecule is CC1(C)CN(C(=O)CCSc2ccccc2)CCC1N. The molecule has 1 aromatic carbocycles. The number of likely N-dealkylation sites (tertiary alicyclic amines) is 1. The van der Waals surface area contributed by atoms with Gasteiger partial charge in [0.15, 0.2) is 0 Å². The molecule has 1 saturated heterocycles. The highest BCUT2D eigenvalue weighted by Crippen LogP contribution is 2.28. The summed E-state index contributed by atoms with van der Waals surface area (Å²) >= 11 is 1.74. The van der Waals surface area contributed by atoms with Crippen LogP contribution >= 0.6 is 11.8 Å². The van der Waals surface area contributed by atoms with Crippen LogP contribution in [0.25, 0.3) is 0 Å². The van der Waals surface area contributed by atoms with E-state index in [0.29, 0.717) is 6.42 Å². The van der Waals surface area contributed by atoms with Crippen molar-refractivity contribution in [3.8, 4) is 0 Å². The molecule has 0 aliphatic carbocycles. The number of thioether (sulfide) groups is 1. The maximum atomic E-state index is 12.3. The van der Waals surface area contributed by atoms with Crippen LogP contribution in [-0.4, -0.2) is 35.7 Å². The fourth-order valence-corrected chi connectivity index (χ4v) is 3.38. The van der Waals surface area contributed by atoms with Gasteiger partial charge in [-0.2, -0.15) is 0 Å². The van der Waals surface area contributed by atoms with Gasteiger partial charge in [0.1, 0.15) is 0 Å². The molecule has 1 unspecified atom stereocenters. The van der Waals surface area contributed by atoms with E-state index in [-0.39, 0.29) is 17.4 Å². The number of hydrogen-bond donors (Lipinski definition) is 1. The summed E-state index contributed by atoms with van der Waals surface area (Å²) < 4.78 is 0. The molecule has 4 heteroatoms. The van der Waals surface area contributed by atoms with Gasteiger partial charge in [0.25, 0.3) is 0 Å². The molecule has 1 aromatic rings. The molecule has 1 fully saturated rings. The zero-order valence-corrected chi connectivity index (χ0v) is 13.2. The lowest BCUT2D eigenvalue weighted by Crippen LogP contribution is -2.54. The third-order valence-corrected chi connectivity index (χ3v) is 5.01. The van der Waals surface area contributed by atoms with Crippen molar-refractivity contribution in [2.75, 3.05) is 18.8 Å². The fourth-order valence-electron chi connectivity index (χ4n) is 2.52. The van der Waals surface area contributed by atoms with Gasteiger partial charge in [-0.15, -0.1) is 11.8 Å². The van der Waals surface area contributed by atoms with Crippen molar-refractivity contribution < 1.29 is 4.79 Å². The number of rotatable bonds is 4. The van der Waals surface area contributed by atoms with Crippen LogP contribution in [0.1, 0.15) is 26.7 Å². The van der Waals surface area contributed by atoms with Gasteiger partial charge >= 0.3 is 0 Å². The molecule has 1 aliphatic rings. The standard InChI is InChI=1S/C16H24N2OS/c1-16(2)12-18(10-8-14(16)17)15(19)9-11-20-13-6-4-3-5-7-13/h3-7,14H,8-12,17H2,1-2H3. The van der Waals surface area contributed by atoms with Crippen LogP contribution in [-0.2, 0) is 4.79 Å². The first-order valence-electron chi connectivity index (χ1n) is 7.20. The molecule has 1 aliphatic heterocycles. The molecule has 0 spiro atoms. The van der Waals surface area contributed by atoms with Gasteiger partial charge in [-0.05, 0) is 24.0 Å². The number of nitrogens with zero attached hydrogens (tertiary/aromatic N) is 1. The topological polar surface area (TPSA) is 46.3 Å². The Kier molecular flexibility index (Phi) is 5.11. The Morgan fingerprint density at radius 3 is 2.75 bits per heavy atom. The van der Waals surface area contributed by atoms with E-state index in [1.54, 1.807) is 11.8 Å². The number of benzene rings is 1. The smallest absolute Gasteiger partial charge is 0.223 e. The molecule has 1 amide bonds. The van der Waals surface area contributed by atoms with Crippen molar-refractivity contribution in [1.29, 1.82) is 0 Å². The van der Waals surface area contributed by atoms with Crippen molar-refractivity contribution in [3.05, 3.63) is 30.3 Å². The third-order valence-electron chi connectivity index (χ3n) is 3.99. The van der Waals surface area contributed by atoms with Crippen LogP contribution < -0.4 is 5.73 Å². The van der Waals surface area contributed by atoms with E-state index >= 15 is 0 Å². The van der Waals surface area contributed by atoms with Gasteiger partial charge in [0.05, 0.1) is 0 Å². The Balaban J connectivity index is 1.78. The lowest BCUT2D eigenvalue weighted by atomic mass is 9.79. The lowest BCUT2D eigenvalue weighted by Gasteiger charge is -2.42. The molecule has 1 atom stereocenters. The van der Waals surface area contributed by atoms with Gasteiger partial charge < -0.3 is 10.6 Å². The minimum Gasteiger partial charge on any atom is -0.342 e. The van der Waals surface area contributed by atoms with Crippen LogP contribution in [0, 0.1) is 5.41 Å². The monoisotopic (exact) mass is 292 g/mol. The first-order chi connectivity index (χ1) is 9.49. The molecule has 2 rings (SSSR count). The average molecular weight is 292 g/mol. The van der Waals surface area contributed by atoms with Crippen molar-refractivity contribution in [2.45, 2.75) is 37.6 Å². The van der Waals surface area contributed by atoms with Gasteiger partial charge in [0.2, 0.25) is 5.91 Å². The summed E-state index contributed by atoms with van der Waals surface area (Å²) in [5.74, 6) is 1.10. The molecule has 1 heterocycles. The molecule has 0 saturated carbocycles. The third kappa shape index (κ3) is 4.00. The second-order valence-electron chi connectivity index (χ2n) is 6.11. The highest BCUT2D eigenvalue weighted by molar-refractivity contribution is 7.99. The lowest BCUT2D eigenvalue weighted by molar-refractivity contribution is -0.134. The highest BCUT2D eigenvalue weighted by atomic mass is 32.2. The Morgan fingerprint density at radius 1 is 1.40 bits per heavy atom. The van der Waals surface area contributed by atoms with Crippen molar-refractivity contribution in [3.63, 3.8) is 0 Å². The summed E-state index contributed by atoms with van der Waals surface area (Å²) in [6, 6.07) is 10.4. The van der Waals surface area contributed by atoms with Gasteiger partial charge in [-0.3, -0.25) is 4.79 Å². The summed E-state index contributed by atoms with van der Waals surface area (Å²) in [5, 5.41) is 0. The van der Waals surface area contributed by atoms with Crippen LogP contribution in [0.2, 0.25) is 0 Å². The second kappa shape index (κ2) is 6.64. The Hall–Kier alpha value is -1.00. The summed E-state index contributed by atoms with van der Waals surface area (Å²) in [4.78, 5) is 15.5. The minimum atomic E-state index is 0.0283. The summed E-state index contributed by atoms with van der Waals surface area (Å²) in [6.45, 7) is 5.88. The molecule has 110 valence electrons. The minimum absolute atomic E-state index is 0.0283. The Bertz CT molecular complexity index is 447. The number of nitrogens with two attached hydrogens (primary N) is 1. The Morgan fingerprint density at radius 2 is 2.10 bits per heavy atom. The first kappa shape index (κ1) is 15.4. The molecule has 3 nitrogen and oxygen atoms in total. The van der Waals surface area contributed by atoms with Crippen molar-refractivity contribution >= 4 is 17.7 Å². The predicted molar refractivity (Wildman–Crippen MR) is 84.7 cm³/mol. The molecule has 20 heavy (non-hydrogen) atoms. The maximum absolute atomic E-state index is 12.3. The number of carbonyl (C=O) groups excluding carboxylic acids is 1. The largest absolute Gasteiger partial charge is 0.342 e. The zero-order valence-electron chi connectivity index (χ0n) is 12.3. The quantitative estimate of drug-likeness (QED) is 0.868. The van der Waals surface area contributed by atoms with Crippen LogP contribution in [0.5, 0.6) is 0 Å². The van der Waals surface area contributed by atoms with Gasteiger partial charge in [-0.25, -0.2) is 0 Å². The molecule has 0 radical (unpaired) electrons. The van der Waals surface area contributed by atoms with Crippen LogP contribution in [0.3, 0.4) is 0 Å². The fraction of sp³-hybridized carbons (Fsp3) is 0.562. The number of carbonyl (C=O) groups is 1. The van der Waals surface area contributed by atoms with E-state index in [0.717, 1.165) is 25.3 Å². The first-order valence-corrected chi connectivity index (χ1v) is 8.19. The summed E-state index contributed by atoms with van der Waals surface area (Å²) in [5.41, 5.74) is 6.14. The van der Waals surface area contributed by atoms with Crippen molar-refractivity contribution in [1.82, 2.24) is 4.90 Å². The average Bonchev–Trinajstić information content (AvgIpc) is 2.43. The number of amides is 1. The highest BCUT2D eigenvalue weighted by Gasteiger charge is 2.34. The van der Waals surface area contributed by atoms with E-state index in [1.807, 2.05) is 23.1 Å². The normalized spacial score (nSPS) is 21.8. The van der Waals surface area contributed by atoms with E-state index in [2.05, 4.69) is 26.0 Å². The summed E-state index contributed by atoms with van der Waals surface area (Å²) in [6.07, 6.45) is 1.51. The van der Waals surface area contributed by atoms with Crippen LogP contribution in [0.4, 0.5) is 0 Å².